The normalized spacial score (nSPS) is 13.8. The number of aliphatic carboxylic acids is 2. The lowest BCUT2D eigenvalue weighted by atomic mass is 10.1. The highest BCUT2D eigenvalue weighted by atomic mass is 16.4. The van der Waals surface area contributed by atoms with Crippen molar-refractivity contribution in [2.45, 2.75) is 75.7 Å². The fourth-order valence-electron chi connectivity index (χ4n) is 3.50. The zero-order chi connectivity index (χ0) is 35.4. The van der Waals surface area contributed by atoms with Crippen LogP contribution in [0.2, 0.25) is 0 Å². The number of aliphatic hydroxyl groups is 1. The third-order valence-corrected chi connectivity index (χ3v) is 6.07. The summed E-state index contributed by atoms with van der Waals surface area (Å²) in [5.41, 5.74) is 16.3. The van der Waals surface area contributed by atoms with Gasteiger partial charge >= 0.3 is 11.9 Å². The molecule has 7 amide bonds. The first-order valence-corrected chi connectivity index (χ1v) is 14.1. The largest absolute Gasteiger partial charge is 0.481 e. The summed E-state index contributed by atoms with van der Waals surface area (Å²) in [6.45, 7) is -0.668. The van der Waals surface area contributed by atoms with Gasteiger partial charge in [0.05, 0.1) is 32.2 Å². The lowest BCUT2D eigenvalue weighted by Gasteiger charge is -2.23. The summed E-state index contributed by atoms with van der Waals surface area (Å²) in [7, 11) is 0. The van der Waals surface area contributed by atoms with Gasteiger partial charge in [0.2, 0.25) is 41.4 Å². The van der Waals surface area contributed by atoms with Crippen molar-refractivity contribution in [3.05, 3.63) is 0 Å². The van der Waals surface area contributed by atoms with Gasteiger partial charge in [-0.1, -0.05) is 6.42 Å². The van der Waals surface area contributed by atoms with E-state index in [4.69, 9.17) is 27.4 Å². The first kappa shape index (κ1) is 41.1. The van der Waals surface area contributed by atoms with E-state index in [0.29, 0.717) is 19.4 Å². The Hall–Kier alpha value is -4.89. The molecule has 0 aromatic rings. The molecule has 0 fully saturated rings. The predicted molar refractivity (Wildman–Crippen MR) is 156 cm³/mol. The molecule has 260 valence electrons. The minimum absolute atomic E-state index is 0.270. The van der Waals surface area contributed by atoms with Gasteiger partial charge in [-0.05, 0) is 32.7 Å². The third-order valence-electron chi connectivity index (χ3n) is 6.07. The Morgan fingerprint density at radius 1 is 0.696 bits per heavy atom. The average molecular weight is 662 g/mol. The molecule has 5 atom stereocenters. The van der Waals surface area contributed by atoms with Crippen LogP contribution in [0.3, 0.4) is 0 Å². The van der Waals surface area contributed by atoms with Crippen LogP contribution in [0.15, 0.2) is 0 Å². The third kappa shape index (κ3) is 17.4. The number of carboxylic acid groups (broad SMARTS) is 2. The number of carbonyl (C=O) groups is 9. The standard InChI is InChI=1S/C25H43N9O12/c1-12(21(41)33-15(25(45)46)8-20(39)40)31-19(38)10-29-18(37)9-30-23(43)14(5-6-17(28)36)32-24(44)16(11-35)34-22(42)13(27)4-2-3-7-26/h12-16,35H,2-11,26-27H2,1H3,(H2,28,36)(H,29,37)(H,30,43)(H,31,38)(H,32,44)(H,33,41)(H,34,42)(H,39,40)(H,45,46)/t12-,13-,14-,15-,16-/m0/s1. The maximum atomic E-state index is 12.7. The Balaban J connectivity index is 5.00. The summed E-state index contributed by atoms with van der Waals surface area (Å²) in [5.74, 6) is -9.35. The molecule has 0 saturated carbocycles. The van der Waals surface area contributed by atoms with Gasteiger partial charge in [0.1, 0.15) is 24.2 Å². The number of hydrogen-bond acceptors (Lipinski definition) is 12. The van der Waals surface area contributed by atoms with Crippen molar-refractivity contribution in [2.75, 3.05) is 26.2 Å². The number of nitrogens with one attached hydrogen (secondary N) is 6. The average Bonchev–Trinajstić information content (AvgIpc) is 2.98. The molecule has 0 aromatic carbocycles. The van der Waals surface area contributed by atoms with Crippen LogP contribution < -0.4 is 49.1 Å². The second kappa shape index (κ2) is 21.8. The number of carbonyl (C=O) groups excluding carboxylic acids is 7. The van der Waals surface area contributed by atoms with Crippen molar-refractivity contribution >= 4 is 53.3 Å². The molecule has 0 unspecified atom stereocenters. The van der Waals surface area contributed by atoms with Crippen molar-refractivity contribution < 1.29 is 58.5 Å². The molecule has 0 radical (unpaired) electrons. The summed E-state index contributed by atoms with van der Waals surface area (Å²) in [6.07, 6.45) is -0.125. The van der Waals surface area contributed by atoms with Crippen LogP contribution in [-0.2, 0) is 43.2 Å². The molecule has 15 N–H and O–H groups in total. The molecule has 0 spiro atoms. The number of hydrogen-bond donors (Lipinski definition) is 12. The summed E-state index contributed by atoms with van der Waals surface area (Å²) in [4.78, 5) is 107. The van der Waals surface area contributed by atoms with E-state index in [1.807, 2.05) is 5.32 Å². The fraction of sp³-hybridized carbons (Fsp3) is 0.640. The van der Waals surface area contributed by atoms with Gasteiger partial charge in [-0.25, -0.2) is 4.79 Å². The zero-order valence-corrected chi connectivity index (χ0v) is 25.2. The van der Waals surface area contributed by atoms with Crippen LogP contribution in [0.4, 0.5) is 0 Å². The summed E-state index contributed by atoms with van der Waals surface area (Å²) >= 11 is 0. The maximum absolute atomic E-state index is 12.7. The Bertz CT molecular complexity index is 1120. The smallest absolute Gasteiger partial charge is 0.326 e. The Labute approximate surface area is 263 Å². The van der Waals surface area contributed by atoms with Crippen molar-refractivity contribution in [3.63, 3.8) is 0 Å². The molecule has 0 rings (SSSR count). The number of nitrogens with two attached hydrogens (primary N) is 3. The lowest BCUT2D eigenvalue weighted by molar-refractivity contribution is -0.147. The number of aliphatic hydroxyl groups excluding tert-OH is 1. The van der Waals surface area contributed by atoms with Crippen LogP contribution in [0.5, 0.6) is 0 Å². The molecule has 0 aromatic heterocycles. The quantitative estimate of drug-likeness (QED) is 0.0453. The van der Waals surface area contributed by atoms with E-state index in [2.05, 4.69) is 26.6 Å². The molecule has 21 nitrogen and oxygen atoms in total. The maximum Gasteiger partial charge on any atom is 0.326 e. The number of unbranched alkanes of at least 4 members (excludes halogenated alkanes) is 1. The second-order valence-corrected chi connectivity index (χ2v) is 9.98. The molecule has 0 aliphatic rings. The lowest BCUT2D eigenvalue weighted by Crippen LogP contribution is -2.57. The molecule has 46 heavy (non-hydrogen) atoms. The molecule has 0 bridgehead atoms. The van der Waals surface area contributed by atoms with Crippen LogP contribution in [-0.4, -0.2) is 125 Å². The van der Waals surface area contributed by atoms with Crippen molar-refractivity contribution in [1.82, 2.24) is 31.9 Å². The summed E-state index contributed by atoms with van der Waals surface area (Å²) in [6, 6.07) is -6.98. The van der Waals surface area contributed by atoms with Gasteiger partial charge < -0.3 is 64.4 Å². The number of carboxylic acids is 2. The Morgan fingerprint density at radius 3 is 1.83 bits per heavy atom. The highest BCUT2D eigenvalue weighted by molar-refractivity contribution is 5.95. The Kier molecular flexibility index (Phi) is 19.4. The van der Waals surface area contributed by atoms with Gasteiger partial charge in [-0.3, -0.25) is 38.4 Å². The van der Waals surface area contributed by atoms with Crippen LogP contribution in [0, 0.1) is 0 Å². The van der Waals surface area contributed by atoms with Crippen molar-refractivity contribution in [2.24, 2.45) is 17.2 Å². The van der Waals surface area contributed by atoms with Crippen molar-refractivity contribution in [3.8, 4) is 0 Å². The van der Waals surface area contributed by atoms with Gasteiger partial charge in [-0.2, -0.15) is 0 Å². The van der Waals surface area contributed by atoms with Crippen LogP contribution >= 0.6 is 0 Å². The molecule has 0 saturated heterocycles. The first-order chi connectivity index (χ1) is 21.5. The fourth-order valence-corrected chi connectivity index (χ4v) is 3.50. The highest BCUT2D eigenvalue weighted by Crippen LogP contribution is 2.01. The van der Waals surface area contributed by atoms with Gasteiger partial charge in [0, 0.05) is 6.42 Å². The summed E-state index contributed by atoms with van der Waals surface area (Å²) < 4.78 is 0. The molecule has 0 aliphatic heterocycles. The van der Waals surface area contributed by atoms with E-state index >= 15 is 0 Å². The molecule has 0 heterocycles. The summed E-state index contributed by atoms with van der Waals surface area (Å²) in [5, 5.41) is 40.3. The van der Waals surface area contributed by atoms with E-state index in [1.54, 1.807) is 0 Å². The molecule has 0 aliphatic carbocycles. The first-order valence-electron chi connectivity index (χ1n) is 14.1. The van der Waals surface area contributed by atoms with Crippen molar-refractivity contribution in [1.29, 1.82) is 0 Å². The van der Waals surface area contributed by atoms with E-state index in [0.717, 1.165) is 0 Å². The zero-order valence-electron chi connectivity index (χ0n) is 25.2. The van der Waals surface area contributed by atoms with Crippen LogP contribution in [0.1, 0.15) is 45.4 Å². The van der Waals surface area contributed by atoms with Gasteiger partial charge in [0.15, 0.2) is 0 Å². The van der Waals surface area contributed by atoms with Gasteiger partial charge in [0.25, 0.3) is 0 Å². The van der Waals surface area contributed by atoms with Gasteiger partial charge in [-0.15, -0.1) is 0 Å². The Morgan fingerprint density at radius 2 is 1.28 bits per heavy atom. The van der Waals surface area contributed by atoms with E-state index in [1.165, 1.54) is 6.92 Å². The van der Waals surface area contributed by atoms with E-state index < -0.39 is 110 Å². The topological polar surface area (TPSA) is 365 Å². The van der Waals surface area contributed by atoms with E-state index in [9.17, 15) is 48.3 Å². The van der Waals surface area contributed by atoms with Crippen LogP contribution in [0.25, 0.3) is 0 Å². The monoisotopic (exact) mass is 661 g/mol. The second-order valence-electron chi connectivity index (χ2n) is 9.98. The van der Waals surface area contributed by atoms with E-state index in [-0.39, 0.29) is 19.3 Å². The number of amides is 7. The minimum Gasteiger partial charge on any atom is -0.481 e. The molecular formula is C25H43N9O12. The number of primary amides is 1. The molecular weight excluding hydrogens is 618 g/mol. The SMILES string of the molecule is C[C@H](NC(=O)CNC(=O)CNC(=O)[C@H](CCC(N)=O)NC(=O)[C@H](CO)NC(=O)[C@@H](N)CCCCN)C(=O)N[C@@H](CC(=O)O)C(=O)O. The number of rotatable bonds is 23. The predicted octanol–water partition coefficient (Wildman–Crippen LogP) is -6.55. The highest BCUT2D eigenvalue weighted by Gasteiger charge is 2.29. The molecule has 21 heteroatoms. The minimum atomic E-state index is -1.74.